The van der Waals surface area contributed by atoms with Crippen LogP contribution in [0.25, 0.3) is 11.1 Å². The number of hydrogen-bond acceptors (Lipinski definition) is 4. The van der Waals surface area contributed by atoms with Crippen molar-refractivity contribution in [3.63, 3.8) is 0 Å². The summed E-state index contributed by atoms with van der Waals surface area (Å²) in [6.07, 6.45) is 18.3. The molecule has 1 aromatic carbocycles. The van der Waals surface area contributed by atoms with E-state index in [-0.39, 0.29) is 23.0 Å². The Labute approximate surface area is 250 Å². The Morgan fingerprint density at radius 3 is 2.41 bits per heavy atom. The van der Waals surface area contributed by atoms with Gasteiger partial charge in [0.2, 0.25) is 5.91 Å². The number of hydrogen-bond donors (Lipinski definition) is 0. The van der Waals surface area contributed by atoms with E-state index in [1.165, 1.54) is 62.6 Å². The summed E-state index contributed by atoms with van der Waals surface area (Å²) in [7, 11) is 1.87. The largest absolute Gasteiger partial charge is 0.370 e. The summed E-state index contributed by atoms with van der Waals surface area (Å²) in [6, 6.07) is 9.05. The van der Waals surface area contributed by atoms with E-state index in [4.69, 9.17) is 9.72 Å². The molecule has 1 unspecified atom stereocenters. The van der Waals surface area contributed by atoms with Crippen LogP contribution >= 0.6 is 0 Å². The van der Waals surface area contributed by atoms with Gasteiger partial charge in [-0.1, -0.05) is 78.7 Å². The van der Waals surface area contributed by atoms with Crippen LogP contribution in [0.1, 0.15) is 118 Å². The fourth-order valence-corrected chi connectivity index (χ4v) is 6.78. The number of rotatable bonds is 13. The molecule has 0 spiro atoms. The molecule has 0 N–H and O–H groups in total. The van der Waals surface area contributed by atoms with E-state index >= 15 is 0 Å². The number of pyridine rings is 1. The number of aryl methyl sites for hydroxylation is 1. The molecule has 1 saturated heterocycles. The minimum Gasteiger partial charge on any atom is -0.370 e. The SMILES string of the molecule is CCCCCCCCCC(OC(C)(C)[C@H]1CCCN1c1cncc(-c2ccc3c(c2)CCC(=O)N3C)c1)C(C)(C)C. The number of aromatic nitrogens is 1. The van der Waals surface area contributed by atoms with E-state index in [2.05, 4.69) is 70.7 Å². The van der Waals surface area contributed by atoms with Gasteiger partial charge in [-0.05, 0) is 74.3 Å². The molecule has 41 heavy (non-hydrogen) atoms. The van der Waals surface area contributed by atoms with Crippen LogP contribution in [0.2, 0.25) is 0 Å². The number of benzene rings is 1. The van der Waals surface area contributed by atoms with E-state index in [0.717, 1.165) is 42.6 Å². The van der Waals surface area contributed by atoms with Gasteiger partial charge < -0.3 is 14.5 Å². The maximum atomic E-state index is 12.1. The smallest absolute Gasteiger partial charge is 0.227 e. The molecule has 3 heterocycles. The standard InChI is InChI=1S/C36H55N3O2/c1-8-9-10-11-12-13-14-17-33(35(2,3)4)41-36(5,6)32-16-15-22-39(32)30-24-29(25-37-26-30)27-18-20-31-28(23-27)19-21-34(40)38(31)7/h18,20,23-26,32-33H,8-17,19,21-22H2,1-7H3/t32-,33?/m1/s1. The topological polar surface area (TPSA) is 45.7 Å². The van der Waals surface area contributed by atoms with E-state index in [0.29, 0.717) is 12.5 Å². The van der Waals surface area contributed by atoms with E-state index < -0.39 is 0 Å². The van der Waals surface area contributed by atoms with E-state index in [1.54, 1.807) is 4.90 Å². The van der Waals surface area contributed by atoms with Gasteiger partial charge in [0, 0.05) is 37.5 Å². The van der Waals surface area contributed by atoms with Crippen molar-refractivity contribution < 1.29 is 9.53 Å². The molecule has 226 valence electrons. The van der Waals surface area contributed by atoms with Gasteiger partial charge in [-0.15, -0.1) is 0 Å². The molecule has 2 aliphatic rings. The number of amides is 1. The quantitative estimate of drug-likeness (QED) is 0.229. The highest BCUT2D eigenvalue weighted by atomic mass is 16.5. The second kappa shape index (κ2) is 13.7. The van der Waals surface area contributed by atoms with Crippen molar-refractivity contribution >= 4 is 17.3 Å². The van der Waals surface area contributed by atoms with Crippen LogP contribution < -0.4 is 9.80 Å². The lowest BCUT2D eigenvalue weighted by Crippen LogP contribution is -2.51. The molecular formula is C36H55N3O2. The van der Waals surface area contributed by atoms with Gasteiger partial charge in [0.05, 0.1) is 29.6 Å². The average molecular weight is 562 g/mol. The summed E-state index contributed by atoms with van der Waals surface area (Å²) in [6.45, 7) is 14.9. The summed E-state index contributed by atoms with van der Waals surface area (Å²) in [5.74, 6) is 0.190. The molecule has 0 saturated carbocycles. The third-order valence-corrected chi connectivity index (χ3v) is 9.35. The number of ether oxygens (including phenoxy) is 1. The Hall–Kier alpha value is -2.40. The molecule has 2 atom stereocenters. The molecule has 0 bridgehead atoms. The first-order valence-electron chi connectivity index (χ1n) is 16.3. The Kier molecular flexibility index (Phi) is 10.5. The Balaban J connectivity index is 1.45. The summed E-state index contributed by atoms with van der Waals surface area (Å²) in [5.41, 5.74) is 5.56. The van der Waals surface area contributed by atoms with Crippen molar-refractivity contribution in [2.24, 2.45) is 5.41 Å². The number of unbranched alkanes of at least 4 members (excludes halogenated alkanes) is 6. The van der Waals surface area contributed by atoms with Gasteiger partial charge in [-0.2, -0.15) is 0 Å². The summed E-state index contributed by atoms with van der Waals surface area (Å²) >= 11 is 0. The first-order chi connectivity index (χ1) is 19.5. The number of carbonyl (C=O) groups excluding carboxylic acids is 1. The molecule has 5 heteroatoms. The third-order valence-electron chi connectivity index (χ3n) is 9.35. The highest BCUT2D eigenvalue weighted by Crippen LogP contribution is 2.39. The van der Waals surface area contributed by atoms with Crippen LogP contribution in [0.5, 0.6) is 0 Å². The van der Waals surface area contributed by atoms with Crippen LogP contribution in [0.4, 0.5) is 11.4 Å². The van der Waals surface area contributed by atoms with Gasteiger partial charge in [0.1, 0.15) is 0 Å². The van der Waals surface area contributed by atoms with Gasteiger partial charge in [-0.3, -0.25) is 9.78 Å². The van der Waals surface area contributed by atoms with Crippen LogP contribution in [0.3, 0.4) is 0 Å². The molecule has 1 aromatic heterocycles. The highest BCUT2D eigenvalue weighted by molar-refractivity contribution is 5.96. The maximum Gasteiger partial charge on any atom is 0.227 e. The lowest BCUT2D eigenvalue weighted by atomic mass is 9.84. The maximum absolute atomic E-state index is 12.1. The van der Waals surface area contributed by atoms with E-state index in [9.17, 15) is 4.79 Å². The Morgan fingerprint density at radius 1 is 0.951 bits per heavy atom. The average Bonchev–Trinajstić information content (AvgIpc) is 3.45. The predicted octanol–water partition coefficient (Wildman–Crippen LogP) is 8.98. The third kappa shape index (κ3) is 7.91. The molecule has 0 aliphatic carbocycles. The van der Waals surface area contributed by atoms with Crippen molar-refractivity contribution in [2.75, 3.05) is 23.4 Å². The molecule has 0 radical (unpaired) electrons. The number of anilines is 2. The second-order valence-electron chi connectivity index (χ2n) is 14.1. The predicted molar refractivity (Wildman–Crippen MR) is 173 cm³/mol. The van der Waals surface area contributed by atoms with Crippen molar-refractivity contribution in [2.45, 2.75) is 136 Å². The molecule has 4 rings (SSSR count). The molecule has 2 aliphatic heterocycles. The zero-order valence-electron chi connectivity index (χ0n) is 27.0. The van der Waals surface area contributed by atoms with Crippen molar-refractivity contribution in [1.82, 2.24) is 4.98 Å². The van der Waals surface area contributed by atoms with Crippen LogP contribution in [0.15, 0.2) is 36.7 Å². The molecule has 1 fully saturated rings. The second-order valence-corrected chi connectivity index (χ2v) is 14.1. The van der Waals surface area contributed by atoms with Crippen molar-refractivity contribution in [3.8, 4) is 11.1 Å². The lowest BCUT2D eigenvalue weighted by Gasteiger charge is -2.44. The van der Waals surface area contributed by atoms with Crippen molar-refractivity contribution in [1.29, 1.82) is 0 Å². The zero-order valence-corrected chi connectivity index (χ0v) is 27.0. The number of fused-ring (bicyclic) bond motifs is 1. The van der Waals surface area contributed by atoms with Gasteiger partial charge in [-0.25, -0.2) is 0 Å². The monoisotopic (exact) mass is 561 g/mol. The number of carbonyl (C=O) groups is 1. The number of nitrogens with zero attached hydrogens (tertiary/aromatic N) is 3. The van der Waals surface area contributed by atoms with Gasteiger partial charge in [0.25, 0.3) is 0 Å². The minimum atomic E-state index is -0.269. The molecular weight excluding hydrogens is 506 g/mol. The fraction of sp³-hybridized carbons (Fsp3) is 0.667. The first-order valence-corrected chi connectivity index (χ1v) is 16.3. The van der Waals surface area contributed by atoms with Crippen LogP contribution in [-0.2, 0) is 16.0 Å². The minimum absolute atomic E-state index is 0.107. The highest BCUT2D eigenvalue weighted by Gasteiger charge is 2.42. The van der Waals surface area contributed by atoms with Crippen LogP contribution in [-0.4, -0.2) is 42.2 Å². The summed E-state index contributed by atoms with van der Waals surface area (Å²) in [5, 5.41) is 0. The van der Waals surface area contributed by atoms with E-state index in [1.807, 2.05) is 19.4 Å². The first kappa shape index (κ1) is 31.5. The molecule has 5 nitrogen and oxygen atoms in total. The zero-order chi connectivity index (χ0) is 29.6. The van der Waals surface area contributed by atoms with Crippen molar-refractivity contribution in [3.05, 3.63) is 42.2 Å². The molecule has 1 amide bonds. The Bertz CT molecular complexity index is 1150. The fourth-order valence-electron chi connectivity index (χ4n) is 6.78. The van der Waals surface area contributed by atoms with Crippen LogP contribution in [0, 0.1) is 5.41 Å². The normalized spacial score (nSPS) is 18.6. The van der Waals surface area contributed by atoms with Gasteiger partial charge in [0.15, 0.2) is 0 Å². The summed E-state index contributed by atoms with van der Waals surface area (Å²) in [4.78, 5) is 21.2. The lowest BCUT2D eigenvalue weighted by molar-refractivity contribution is -0.127. The van der Waals surface area contributed by atoms with Gasteiger partial charge >= 0.3 is 0 Å². The molecule has 2 aromatic rings. The summed E-state index contributed by atoms with van der Waals surface area (Å²) < 4.78 is 7.08. The Morgan fingerprint density at radius 2 is 1.68 bits per heavy atom.